The first-order valence-corrected chi connectivity index (χ1v) is 8.46. The molecule has 2 amide bonds. The molecular weight excluding hydrogens is 352 g/mol. The molecule has 1 aromatic carbocycles. The lowest BCUT2D eigenvalue weighted by molar-refractivity contribution is -0.151. The first-order chi connectivity index (χ1) is 13.1. The molecule has 2 heterocycles. The van der Waals surface area contributed by atoms with Crippen LogP contribution in [0.5, 0.6) is 5.75 Å². The minimum absolute atomic E-state index is 0.0632. The summed E-state index contributed by atoms with van der Waals surface area (Å²) in [6, 6.07) is 10.4. The van der Waals surface area contributed by atoms with Gasteiger partial charge in [0, 0.05) is 13.0 Å². The van der Waals surface area contributed by atoms with Crippen LogP contribution in [-0.2, 0) is 25.7 Å². The van der Waals surface area contributed by atoms with Gasteiger partial charge in [-0.25, -0.2) is 0 Å². The molecule has 27 heavy (non-hydrogen) atoms. The van der Waals surface area contributed by atoms with Gasteiger partial charge in [-0.2, -0.15) is 0 Å². The van der Waals surface area contributed by atoms with Crippen molar-refractivity contribution in [3.63, 3.8) is 0 Å². The highest BCUT2D eigenvalue weighted by molar-refractivity contribution is 5.94. The third-order valence-electron chi connectivity index (χ3n) is 4.20. The minimum Gasteiger partial charge on any atom is -0.495 e. The van der Waals surface area contributed by atoms with Gasteiger partial charge in [-0.05, 0) is 24.3 Å². The fraction of sp³-hybridized carbons (Fsp3) is 0.316. The monoisotopic (exact) mass is 372 g/mol. The number of furan rings is 1. The molecule has 0 aliphatic carbocycles. The molecule has 3 rings (SSSR count). The number of methoxy groups -OCH3 is 1. The number of hydrogen-bond acceptors (Lipinski definition) is 6. The zero-order valence-corrected chi connectivity index (χ0v) is 14.8. The van der Waals surface area contributed by atoms with E-state index in [1.165, 1.54) is 13.4 Å². The standard InChI is InChI=1S/C19H20N2O6/c1-25-16-7-3-2-6-15(16)20-17(22)12-27-19(24)13-9-18(23)21(10-13)11-14-5-4-8-26-14/h2-8,13H,9-12H2,1H3,(H,20,22)/t13-/m1/s1. The number of likely N-dealkylation sites (tertiary alicyclic amines) is 1. The predicted molar refractivity (Wildman–Crippen MR) is 94.8 cm³/mol. The molecule has 8 heteroatoms. The number of rotatable bonds is 7. The van der Waals surface area contributed by atoms with Crippen LogP contribution in [0, 0.1) is 5.92 Å². The van der Waals surface area contributed by atoms with Gasteiger partial charge >= 0.3 is 5.97 Å². The van der Waals surface area contributed by atoms with Crippen molar-refractivity contribution < 1.29 is 28.3 Å². The highest BCUT2D eigenvalue weighted by Crippen LogP contribution is 2.23. The van der Waals surface area contributed by atoms with Crippen LogP contribution in [0.2, 0.25) is 0 Å². The third kappa shape index (κ3) is 4.66. The number of para-hydroxylation sites is 2. The van der Waals surface area contributed by atoms with E-state index < -0.39 is 24.4 Å². The number of anilines is 1. The number of ether oxygens (including phenoxy) is 2. The van der Waals surface area contributed by atoms with Crippen molar-refractivity contribution in [1.29, 1.82) is 0 Å². The van der Waals surface area contributed by atoms with Gasteiger partial charge in [0.25, 0.3) is 5.91 Å². The van der Waals surface area contributed by atoms with Crippen molar-refractivity contribution in [1.82, 2.24) is 4.90 Å². The van der Waals surface area contributed by atoms with E-state index in [0.29, 0.717) is 23.7 Å². The Morgan fingerprint density at radius 2 is 2.07 bits per heavy atom. The Morgan fingerprint density at radius 3 is 2.81 bits per heavy atom. The van der Waals surface area contributed by atoms with E-state index in [-0.39, 0.29) is 18.9 Å². The zero-order chi connectivity index (χ0) is 19.2. The van der Waals surface area contributed by atoms with Gasteiger partial charge in [0.1, 0.15) is 11.5 Å². The Kier molecular flexibility index (Phi) is 5.75. The molecule has 1 N–H and O–H groups in total. The number of nitrogens with one attached hydrogen (secondary N) is 1. The molecule has 2 aromatic rings. The fourth-order valence-electron chi connectivity index (χ4n) is 2.86. The summed E-state index contributed by atoms with van der Waals surface area (Å²) in [5.41, 5.74) is 0.488. The second-order valence-corrected chi connectivity index (χ2v) is 6.11. The molecule has 1 aliphatic rings. The van der Waals surface area contributed by atoms with Gasteiger partial charge in [0.15, 0.2) is 6.61 Å². The molecule has 1 atom stereocenters. The first kappa shape index (κ1) is 18.5. The summed E-state index contributed by atoms with van der Waals surface area (Å²) in [4.78, 5) is 37.8. The molecule has 1 saturated heterocycles. The second kappa shape index (κ2) is 8.39. The second-order valence-electron chi connectivity index (χ2n) is 6.11. The van der Waals surface area contributed by atoms with E-state index in [1.807, 2.05) is 0 Å². The molecule has 1 aliphatic heterocycles. The molecule has 0 radical (unpaired) electrons. The molecule has 8 nitrogen and oxygen atoms in total. The summed E-state index contributed by atoms with van der Waals surface area (Å²) < 4.78 is 15.4. The zero-order valence-electron chi connectivity index (χ0n) is 14.8. The van der Waals surface area contributed by atoms with Crippen LogP contribution in [-0.4, -0.2) is 42.9 Å². The van der Waals surface area contributed by atoms with Crippen LogP contribution >= 0.6 is 0 Å². The molecule has 1 aromatic heterocycles. The van der Waals surface area contributed by atoms with Crippen LogP contribution in [0.3, 0.4) is 0 Å². The fourth-order valence-corrected chi connectivity index (χ4v) is 2.86. The van der Waals surface area contributed by atoms with Crippen molar-refractivity contribution in [2.24, 2.45) is 5.92 Å². The van der Waals surface area contributed by atoms with Crippen molar-refractivity contribution >= 4 is 23.5 Å². The molecular formula is C19H20N2O6. The van der Waals surface area contributed by atoms with Crippen LogP contribution in [0.4, 0.5) is 5.69 Å². The third-order valence-corrected chi connectivity index (χ3v) is 4.20. The van der Waals surface area contributed by atoms with Crippen LogP contribution in [0.1, 0.15) is 12.2 Å². The Balaban J connectivity index is 1.47. The molecule has 0 saturated carbocycles. The lowest BCUT2D eigenvalue weighted by Gasteiger charge is -2.15. The van der Waals surface area contributed by atoms with Crippen LogP contribution in [0.15, 0.2) is 47.1 Å². The summed E-state index contributed by atoms with van der Waals surface area (Å²) in [6.07, 6.45) is 1.59. The predicted octanol–water partition coefficient (Wildman–Crippen LogP) is 1.82. The van der Waals surface area contributed by atoms with Gasteiger partial charge < -0.3 is 24.1 Å². The maximum atomic E-state index is 12.2. The van der Waals surface area contributed by atoms with Gasteiger partial charge in [-0.3, -0.25) is 14.4 Å². The van der Waals surface area contributed by atoms with E-state index in [1.54, 1.807) is 41.3 Å². The number of carbonyl (C=O) groups excluding carboxylic acids is 3. The van der Waals surface area contributed by atoms with E-state index >= 15 is 0 Å². The summed E-state index contributed by atoms with van der Waals surface area (Å²) in [5, 5.41) is 2.62. The summed E-state index contributed by atoms with van der Waals surface area (Å²) in [5.74, 6) is -0.635. The Morgan fingerprint density at radius 1 is 1.26 bits per heavy atom. The van der Waals surface area contributed by atoms with Gasteiger partial charge in [-0.15, -0.1) is 0 Å². The highest BCUT2D eigenvalue weighted by Gasteiger charge is 2.35. The molecule has 0 unspecified atom stereocenters. The number of amides is 2. The average molecular weight is 372 g/mol. The van der Waals surface area contributed by atoms with E-state index in [0.717, 1.165) is 0 Å². The van der Waals surface area contributed by atoms with Crippen LogP contribution < -0.4 is 10.1 Å². The van der Waals surface area contributed by atoms with Gasteiger partial charge in [-0.1, -0.05) is 12.1 Å². The minimum atomic E-state index is -0.591. The van der Waals surface area contributed by atoms with E-state index in [4.69, 9.17) is 13.9 Å². The van der Waals surface area contributed by atoms with Gasteiger partial charge in [0.2, 0.25) is 5.91 Å². The molecule has 0 bridgehead atoms. The quantitative estimate of drug-likeness (QED) is 0.745. The normalized spacial score (nSPS) is 16.3. The Bertz CT molecular complexity index is 817. The number of carbonyl (C=O) groups is 3. The van der Waals surface area contributed by atoms with E-state index in [9.17, 15) is 14.4 Å². The van der Waals surface area contributed by atoms with Crippen molar-refractivity contribution in [2.45, 2.75) is 13.0 Å². The Hall–Kier alpha value is -3.29. The van der Waals surface area contributed by atoms with Gasteiger partial charge in [0.05, 0.1) is 31.5 Å². The topological polar surface area (TPSA) is 98.1 Å². The number of esters is 1. The lowest BCUT2D eigenvalue weighted by atomic mass is 10.1. The number of benzene rings is 1. The average Bonchev–Trinajstić information content (AvgIpc) is 3.31. The number of hydrogen-bond donors (Lipinski definition) is 1. The Labute approximate surface area is 156 Å². The number of nitrogens with zero attached hydrogens (tertiary/aromatic N) is 1. The van der Waals surface area contributed by atoms with Crippen molar-refractivity contribution in [3.8, 4) is 5.75 Å². The first-order valence-electron chi connectivity index (χ1n) is 8.46. The molecule has 142 valence electrons. The highest BCUT2D eigenvalue weighted by atomic mass is 16.5. The lowest BCUT2D eigenvalue weighted by Crippen LogP contribution is -2.28. The van der Waals surface area contributed by atoms with E-state index in [2.05, 4.69) is 5.32 Å². The van der Waals surface area contributed by atoms with Crippen LogP contribution in [0.25, 0.3) is 0 Å². The smallest absolute Gasteiger partial charge is 0.311 e. The SMILES string of the molecule is COc1ccccc1NC(=O)COC(=O)[C@@H]1CC(=O)N(Cc2ccco2)C1. The largest absolute Gasteiger partial charge is 0.495 e. The van der Waals surface area contributed by atoms with Crippen molar-refractivity contribution in [3.05, 3.63) is 48.4 Å². The molecule has 0 spiro atoms. The summed E-state index contributed by atoms with van der Waals surface area (Å²) >= 11 is 0. The summed E-state index contributed by atoms with van der Waals surface area (Å²) in [6.45, 7) is 0.121. The van der Waals surface area contributed by atoms with Crippen molar-refractivity contribution in [2.75, 3.05) is 25.6 Å². The maximum absolute atomic E-state index is 12.2. The maximum Gasteiger partial charge on any atom is 0.311 e. The molecule has 1 fully saturated rings. The summed E-state index contributed by atoms with van der Waals surface area (Å²) in [7, 11) is 1.50.